The van der Waals surface area contributed by atoms with Crippen molar-refractivity contribution in [2.45, 2.75) is 33.2 Å². The summed E-state index contributed by atoms with van der Waals surface area (Å²) in [6.45, 7) is 6.32. The maximum atomic E-state index is 11.9. The molecule has 0 amide bonds. The van der Waals surface area contributed by atoms with Crippen molar-refractivity contribution in [1.29, 1.82) is 0 Å². The molecule has 0 spiro atoms. The van der Waals surface area contributed by atoms with Crippen molar-refractivity contribution < 1.29 is 9.53 Å². The number of hydrogen-bond donors (Lipinski definition) is 1. The number of nitrogens with one attached hydrogen (secondary N) is 1. The summed E-state index contributed by atoms with van der Waals surface area (Å²) >= 11 is 6.26. The zero-order valence-electron chi connectivity index (χ0n) is 11.8. The van der Waals surface area contributed by atoms with E-state index < -0.39 is 0 Å². The topological polar surface area (TPSA) is 56.2 Å². The second-order valence-corrected chi connectivity index (χ2v) is 4.64. The molecule has 5 nitrogen and oxygen atoms in total. The molecule has 1 aromatic rings. The third-order valence-electron chi connectivity index (χ3n) is 2.86. The number of rotatable bonds is 9. The zero-order chi connectivity index (χ0) is 14.3. The van der Waals surface area contributed by atoms with Gasteiger partial charge >= 0.3 is 0 Å². The molecule has 0 saturated carbocycles. The lowest BCUT2D eigenvalue weighted by Crippen LogP contribution is -2.27. The van der Waals surface area contributed by atoms with Crippen LogP contribution in [-0.2, 0) is 28.9 Å². The van der Waals surface area contributed by atoms with Gasteiger partial charge in [0.1, 0.15) is 0 Å². The molecule has 0 fully saturated rings. The van der Waals surface area contributed by atoms with Gasteiger partial charge in [0.05, 0.1) is 36.0 Å². The minimum absolute atomic E-state index is 0.107. The van der Waals surface area contributed by atoms with Crippen LogP contribution in [0.2, 0.25) is 5.02 Å². The summed E-state index contributed by atoms with van der Waals surface area (Å²) in [6.07, 6.45) is 1.10. The summed E-state index contributed by atoms with van der Waals surface area (Å²) in [4.78, 5) is 11.9. The van der Waals surface area contributed by atoms with E-state index in [1.165, 1.54) is 0 Å². The van der Waals surface area contributed by atoms with Crippen LogP contribution in [0.25, 0.3) is 0 Å². The fourth-order valence-corrected chi connectivity index (χ4v) is 2.17. The van der Waals surface area contributed by atoms with Crippen LogP contribution in [-0.4, -0.2) is 42.4 Å². The Morgan fingerprint density at radius 1 is 1.47 bits per heavy atom. The van der Waals surface area contributed by atoms with Crippen LogP contribution in [0.1, 0.15) is 25.2 Å². The summed E-state index contributed by atoms with van der Waals surface area (Å²) in [5.74, 6) is 0.107. The Morgan fingerprint density at radius 2 is 2.21 bits per heavy atom. The van der Waals surface area contributed by atoms with E-state index in [1.54, 1.807) is 7.11 Å². The molecule has 19 heavy (non-hydrogen) atoms. The predicted molar refractivity (Wildman–Crippen MR) is 75.7 cm³/mol. The number of halogens is 1. The maximum absolute atomic E-state index is 11.9. The van der Waals surface area contributed by atoms with Crippen molar-refractivity contribution in [2.75, 3.05) is 26.8 Å². The Labute approximate surface area is 119 Å². The van der Waals surface area contributed by atoms with E-state index in [1.807, 2.05) is 18.5 Å². The number of Topliss-reactive ketones (excluding diaryl/α,β-unsaturated/α-hetero) is 1. The first-order chi connectivity index (χ1) is 9.13. The molecule has 0 aliphatic carbocycles. The van der Waals surface area contributed by atoms with E-state index in [2.05, 4.69) is 10.4 Å². The number of carbonyl (C=O) groups excluding carboxylic acids is 1. The Balaban J connectivity index is 2.60. The summed E-state index contributed by atoms with van der Waals surface area (Å²) in [7, 11) is 1.63. The number of ether oxygens (including phenoxy) is 1. The molecule has 1 heterocycles. The van der Waals surface area contributed by atoms with Gasteiger partial charge in [-0.15, -0.1) is 0 Å². The molecule has 1 aromatic heterocycles. The van der Waals surface area contributed by atoms with Gasteiger partial charge in [0.15, 0.2) is 5.78 Å². The smallest absolute Gasteiger partial charge is 0.152 e. The van der Waals surface area contributed by atoms with Gasteiger partial charge < -0.3 is 10.1 Å². The first-order valence-corrected chi connectivity index (χ1v) is 6.97. The molecule has 0 aliphatic rings. The van der Waals surface area contributed by atoms with Crippen LogP contribution in [0.3, 0.4) is 0 Å². The Kier molecular flexibility index (Phi) is 7.05. The molecule has 0 bridgehead atoms. The summed E-state index contributed by atoms with van der Waals surface area (Å²) in [5, 5.41) is 8.07. The quantitative estimate of drug-likeness (QED) is 0.699. The van der Waals surface area contributed by atoms with Gasteiger partial charge in [0, 0.05) is 20.2 Å². The molecule has 6 heteroatoms. The van der Waals surface area contributed by atoms with Gasteiger partial charge in [-0.05, 0) is 13.3 Å². The van der Waals surface area contributed by atoms with Gasteiger partial charge in [0.25, 0.3) is 0 Å². The number of aryl methyl sites for hydroxylation is 2. The highest BCUT2D eigenvalue weighted by molar-refractivity contribution is 6.32. The SMILES string of the molecule is CCc1nn(CC)c(CC(=O)CNCCOC)c1Cl. The number of aromatic nitrogens is 2. The molecule has 0 saturated heterocycles. The fraction of sp³-hybridized carbons (Fsp3) is 0.692. The first kappa shape index (κ1) is 16.1. The van der Waals surface area contributed by atoms with Crippen LogP contribution < -0.4 is 5.32 Å². The third kappa shape index (κ3) is 4.60. The maximum Gasteiger partial charge on any atom is 0.152 e. The average Bonchev–Trinajstić information content (AvgIpc) is 2.71. The molecule has 0 aromatic carbocycles. The van der Waals surface area contributed by atoms with Crippen molar-refractivity contribution in [2.24, 2.45) is 0 Å². The largest absolute Gasteiger partial charge is 0.383 e. The lowest BCUT2D eigenvalue weighted by atomic mass is 10.2. The van der Waals surface area contributed by atoms with Crippen LogP contribution in [0.5, 0.6) is 0 Å². The highest BCUT2D eigenvalue weighted by Crippen LogP contribution is 2.22. The molecule has 108 valence electrons. The Morgan fingerprint density at radius 3 is 2.79 bits per heavy atom. The second kappa shape index (κ2) is 8.30. The van der Waals surface area contributed by atoms with Gasteiger partial charge in [-0.3, -0.25) is 9.48 Å². The van der Waals surface area contributed by atoms with Gasteiger partial charge in [0.2, 0.25) is 0 Å². The molecule has 0 radical (unpaired) electrons. The third-order valence-corrected chi connectivity index (χ3v) is 3.30. The molecule has 0 unspecified atom stereocenters. The molecular weight excluding hydrogens is 266 g/mol. The van der Waals surface area contributed by atoms with Crippen molar-refractivity contribution >= 4 is 17.4 Å². The number of ketones is 1. The van der Waals surface area contributed by atoms with Crippen LogP contribution in [0.15, 0.2) is 0 Å². The van der Waals surface area contributed by atoms with E-state index in [9.17, 15) is 4.79 Å². The van der Waals surface area contributed by atoms with E-state index in [-0.39, 0.29) is 5.78 Å². The van der Waals surface area contributed by atoms with Crippen LogP contribution >= 0.6 is 11.6 Å². The van der Waals surface area contributed by atoms with Crippen molar-refractivity contribution in [3.63, 3.8) is 0 Å². The number of carbonyl (C=O) groups is 1. The van der Waals surface area contributed by atoms with Gasteiger partial charge in [-0.25, -0.2) is 0 Å². The van der Waals surface area contributed by atoms with Crippen molar-refractivity contribution in [3.8, 4) is 0 Å². The lowest BCUT2D eigenvalue weighted by Gasteiger charge is -2.06. The predicted octanol–water partition coefficient (Wildman–Crippen LogP) is 1.47. The molecule has 0 atom stereocenters. The van der Waals surface area contributed by atoms with Crippen LogP contribution in [0, 0.1) is 0 Å². The minimum atomic E-state index is 0.107. The lowest BCUT2D eigenvalue weighted by molar-refractivity contribution is -0.117. The number of methoxy groups -OCH3 is 1. The fourth-order valence-electron chi connectivity index (χ4n) is 1.84. The first-order valence-electron chi connectivity index (χ1n) is 6.59. The second-order valence-electron chi connectivity index (χ2n) is 4.26. The average molecular weight is 288 g/mol. The summed E-state index contributed by atoms with van der Waals surface area (Å²) < 4.78 is 6.72. The zero-order valence-corrected chi connectivity index (χ0v) is 12.6. The van der Waals surface area contributed by atoms with Gasteiger partial charge in [-0.2, -0.15) is 5.10 Å². The number of hydrogen-bond acceptors (Lipinski definition) is 4. The monoisotopic (exact) mass is 287 g/mol. The van der Waals surface area contributed by atoms with Crippen molar-refractivity contribution in [1.82, 2.24) is 15.1 Å². The summed E-state index contributed by atoms with van der Waals surface area (Å²) in [5.41, 5.74) is 1.68. The Bertz CT molecular complexity index is 418. The van der Waals surface area contributed by atoms with Crippen LogP contribution in [0.4, 0.5) is 0 Å². The Hall–Kier alpha value is -0.910. The van der Waals surface area contributed by atoms with Gasteiger partial charge in [-0.1, -0.05) is 18.5 Å². The minimum Gasteiger partial charge on any atom is -0.383 e. The molecule has 0 aliphatic heterocycles. The highest BCUT2D eigenvalue weighted by atomic mass is 35.5. The number of nitrogens with zero attached hydrogens (tertiary/aromatic N) is 2. The molecule has 1 N–H and O–H groups in total. The van der Waals surface area contributed by atoms with E-state index in [0.29, 0.717) is 31.1 Å². The van der Waals surface area contributed by atoms with E-state index in [0.717, 1.165) is 24.4 Å². The van der Waals surface area contributed by atoms with E-state index in [4.69, 9.17) is 16.3 Å². The van der Waals surface area contributed by atoms with E-state index >= 15 is 0 Å². The summed E-state index contributed by atoms with van der Waals surface area (Å²) in [6, 6.07) is 0. The normalized spacial score (nSPS) is 10.9. The standard InChI is InChI=1S/C13H22ClN3O2/c1-4-11-13(14)12(17(5-2)16-11)8-10(18)9-15-6-7-19-3/h15H,4-9H2,1-3H3. The molecular formula is C13H22ClN3O2. The molecule has 1 rings (SSSR count). The van der Waals surface area contributed by atoms with Crippen molar-refractivity contribution in [3.05, 3.63) is 16.4 Å². The highest BCUT2D eigenvalue weighted by Gasteiger charge is 2.16.